The second-order valence-electron chi connectivity index (χ2n) is 34.7. The summed E-state index contributed by atoms with van der Waals surface area (Å²) in [5, 5.41) is 19.5. The first-order chi connectivity index (χ1) is 64.8. The molecule has 0 atom stereocenters. The maximum atomic E-state index is 6.64. The first kappa shape index (κ1) is 80.4. The Morgan fingerprint density at radius 1 is 0.212 bits per heavy atom. The SMILES string of the molecule is CC1(C)OB(c2cccc3c4ccccc4c4ccc(-c5ccc6c(c5)c5ccccc5n6-c5ccccc5)cc4c23)OC1(C)C.Clc1nc(-c2ccccc2)nc(-c2cccc(-c3ccccc3)c2)n1.c1ccc(-c2cccc(-c3nc(-c4ccccc4)nc(-c4cccc5c6ccccc6c6ccc(-c7ccc8c(c7)c7ccccc7n8-c7ccccc7)cc6c45)n3)c2)cc1. The molecule has 1 fully saturated rings. The normalized spacial score (nSPS) is 12.9. The molecule has 4 aromatic heterocycles. The van der Waals surface area contributed by atoms with E-state index >= 15 is 0 Å². The molecule has 5 heterocycles. The molecule has 0 saturated carbocycles. The van der Waals surface area contributed by atoms with Crippen molar-refractivity contribution in [2.45, 2.75) is 38.9 Å². The predicted octanol–water partition coefficient (Wildman–Crippen LogP) is 30.5. The average molecular weight is 1720 g/mol. The Morgan fingerprint density at radius 3 is 0.955 bits per heavy atom. The van der Waals surface area contributed by atoms with Crippen LogP contribution in [0.15, 0.2) is 437 Å². The summed E-state index contributed by atoms with van der Waals surface area (Å²) in [6, 6.07) is 154. The van der Waals surface area contributed by atoms with Crippen LogP contribution in [-0.4, -0.2) is 57.4 Å². The molecule has 1 aliphatic heterocycles. The zero-order valence-corrected chi connectivity index (χ0v) is 73.7. The van der Waals surface area contributed by atoms with Gasteiger partial charge in [-0.05, 0) is 233 Å². The third kappa shape index (κ3) is 14.6. The monoisotopic (exact) mass is 1710 g/mol. The van der Waals surface area contributed by atoms with Crippen molar-refractivity contribution in [1.29, 1.82) is 0 Å². The smallest absolute Gasteiger partial charge is 0.399 e. The minimum atomic E-state index is -0.456. The Kier molecular flexibility index (Phi) is 20.4. The van der Waals surface area contributed by atoms with Gasteiger partial charge in [0.05, 0.1) is 33.3 Å². The molecule has 0 bridgehead atoms. The van der Waals surface area contributed by atoms with Gasteiger partial charge in [0.25, 0.3) is 0 Å². The van der Waals surface area contributed by atoms with E-state index in [9.17, 15) is 0 Å². The summed E-state index contributed by atoms with van der Waals surface area (Å²) >= 11 is 6.14. The number of benzene rings is 20. The van der Waals surface area contributed by atoms with Gasteiger partial charge in [-0.3, -0.25) is 0 Å². The Bertz CT molecular complexity index is 8600. The fourth-order valence-electron chi connectivity index (χ4n) is 19.2. The predicted molar refractivity (Wildman–Crippen MR) is 549 cm³/mol. The van der Waals surface area contributed by atoms with Crippen molar-refractivity contribution in [2.75, 3.05) is 0 Å². The highest BCUT2D eigenvalue weighted by Gasteiger charge is 2.52. The molecule has 12 heteroatoms. The van der Waals surface area contributed by atoms with E-state index in [-0.39, 0.29) is 5.28 Å². The fraction of sp³-hybridized carbons (Fsp3) is 0.0500. The standard InChI is InChI=1S/C57H36N4.C42H34BNO2.C21H14ClN3/c1-4-16-37(17-5-1)39-20-14-21-42(34-39)56-58-55(38-18-6-2-7-19-38)59-57(60-56)49-28-15-27-48-45-25-11-10-24-44(45)46-32-30-40(36-51(46)54(48)49)41-31-33-53-50(35-41)47-26-12-13-29-52(47)61(53)43-22-8-3-9-23-43;1-41(2)42(3,4)46-43(45-41)37-19-12-18-34-31-16-9-8-15-30(31)32-23-21-27(26-36(32)40(34)37)28-22-24-39-35(25-28)33-17-10-11-20-38(33)44(39)29-13-6-5-7-14-29;22-21-24-19(16-10-5-2-6-11-16)23-20(25-21)18-13-7-12-17(14-18)15-8-3-1-4-9-15/h1-36H;5-26H,1-4H3;1-14H. The van der Waals surface area contributed by atoms with Crippen LogP contribution in [0.4, 0.5) is 0 Å². The van der Waals surface area contributed by atoms with Crippen molar-refractivity contribution < 1.29 is 9.31 Å². The summed E-state index contributed by atoms with van der Waals surface area (Å²) in [5.74, 6) is 3.04. The number of rotatable bonds is 12. The molecular formula is C120H84BClN8O2. The maximum absolute atomic E-state index is 6.64. The molecular weight excluding hydrogens is 1630 g/mol. The van der Waals surface area contributed by atoms with E-state index in [4.69, 9.17) is 35.9 Å². The summed E-state index contributed by atoms with van der Waals surface area (Å²) in [4.78, 5) is 28.9. The van der Waals surface area contributed by atoms with Crippen molar-refractivity contribution in [3.8, 4) is 113 Å². The van der Waals surface area contributed by atoms with Crippen LogP contribution in [0, 0.1) is 0 Å². The second-order valence-corrected chi connectivity index (χ2v) is 35.1. The molecule has 10 nitrogen and oxygen atoms in total. The zero-order chi connectivity index (χ0) is 88.5. The number of para-hydroxylation sites is 4. The first-order valence-electron chi connectivity index (χ1n) is 44.7. The van der Waals surface area contributed by atoms with Crippen molar-refractivity contribution >= 4 is 132 Å². The lowest BCUT2D eigenvalue weighted by Crippen LogP contribution is -2.41. The van der Waals surface area contributed by atoms with Gasteiger partial charge < -0.3 is 18.4 Å². The van der Waals surface area contributed by atoms with Crippen molar-refractivity contribution in [1.82, 2.24) is 39.0 Å². The summed E-state index contributed by atoms with van der Waals surface area (Å²) in [5.41, 5.74) is 21.2. The molecule has 1 aliphatic rings. The van der Waals surface area contributed by atoms with E-state index in [1.165, 1.54) is 109 Å². The van der Waals surface area contributed by atoms with Crippen LogP contribution >= 0.6 is 11.6 Å². The van der Waals surface area contributed by atoms with Gasteiger partial charge in [-0.25, -0.2) is 19.9 Å². The van der Waals surface area contributed by atoms with E-state index in [1.807, 2.05) is 84.9 Å². The van der Waals surface area contributed by atoms with E-state index in [2.05, 4.69) is 404 Å². The molecule has 0 unspecified atom stereocenters. The Balaban J connectivity index is 0.000000122. The van der Waals surface area contributed by atoms with Crippen LogP contribution < -0.4 is 5.46 Å². The lowest BCUT2D eigenvalue weighted by atomic mass is 9.74. The van der Waals surface area contributed by atoms with Crippen LogP contribution in [0.5, 0.6) is 0 Å². The molecule has 132 heavy (non-hydrogen) atoms. The molecule has 0 spiro atoms. The van der Waals surface area contributed by atoms with Crippen molar-refractivity contribution in [2.24, 2.45) is 0 Å². The second kappa shape index (κ2) is 33.5. The topological polar surface area (TPSA) is 106 Å². The van der Waals surface area contributed by atoms with Gasteiger partial charge in [0.1, 0.15) is 0 Å². The number of nitrogens with zero attached hydrogens (tertiary/aromatic N) is 8. The highest BCUT2D eigenvalue weighted by Crippen LogP contribution is 2.47. The lowest BCUT2D eigenvalue weighted by molar-refractivity contribution is 0.00578. The number of hydrogen-bond acceptors (Lipinski definition) is 8. The zero-order valence-electron chi connectivity index (χ0n) is 72.9. The van der Waals surface area contributed by atoms with Gasteiger partial charge in [-0.15, -0.1) is 0 Å². The van der Waals surface area contributed by atoms with Crippen molar-refractivity contribution in [3.05, 3.63) is 442 Å². The van der Waals surface area contributed by atoms with E-state index < -0.39 is 18.3 Å². The summed E-state index contributed by atoms with van der Waals surface area (Å²) in [6.07, 6.45) is 0. The number of hydrogen-bond donors (Lipinski definition) is 0. The molecule has 0 aliphatic carbocycles. The number of fused-ring (bicyclic) bond motifs is 18. The van der Waals surface area contributed by atoms with Crippen LogP contribution in [0.3, 0.4) is 0 Å². The molecule has 0 radical (unpaired) electrons. The Labute approximate surface area is 769 Å². The molecule has 0 N–H and O–H groups in total. The maximum Gasteiger partial charge on any atom is 0.495 e. The van der Waals surface area contributed by atoms with Crippen LogP contribution in [0.25, 0.3) is 221 Å². The number of halogens is 1. The van der Waals surface area contributed by atoms with Gasteiger partial charge in [0.15, 0.2) is 29.1 Å². The highest BCUT2D eigenvalue weighted by atomic mass is 35.5. The summed E-state index contributed by atoms with van der Waals surface area (Å²) in [6.45, 7) is 8.48. The van der Waals surface area contributed by atoms with E-state index in [1.54, 1.807) is 0 Å². The van der Waals surface area contributed by atoms with Crippen molar-refractivity contribution in [3.63, 3.8) is 0 Å². The largest absolute Gasteiger partial charge is 0.495 e. The number of aromatic nitrogens is 8. The Morgan fingerprint density at radius 2 is 0.500 bits per heavy atom. The van der Waals surface area contributed by atoms with Crippen LogP contribution in [0.1, 0.15) is 27.7 Å². The van der Waals surface area contributed by atoms with Gasteiger partial charge in [0.2, 0.25) is 5.28 Å². The van der Waals surface area contributed by atoms with Gasteiger partial charge >= 0.3 is 7.12 Å². The minimum absolute atomic E-state index is 0.189. The van der Waals surface area contributed by atoms with E-state index in [0.717, 1.165) is 88.5 Å². The van der Waals surface area contributed by atoms with Crippen LogP contribution in [0.2, 0.25) is 5.28 Å². The lowest BCUT2D eigenvalue weighted by Gasteiger charge is -2.32. The highest BCUT2D eigenvalue weighted by molar-refractivity contribution is 6.66. The molecule has 20 aromatic carbocycles. The molecule has 626 valence electrons. The molecule has 1 saturated heterocycles. The molecule has 0 amide bonds. The van der Waals surface area contributed by atoms with Gasteiger partial charge in [-0.2, -0.15) is 9.97 Å². The average Bonchev–Trinajstić information content (AvgIpc) is 1.31. The van der Waals surface area contributed by atoms with Gasteiger partial charge in [0, 0.05) is 66.1 Å². The quantitative estimate of drug-likeness (QED) is 0.0880. The third-order valence-corrected chi connectivity index (χ3v) is 26.5. The molecule has 24 aromatic rings. The first-order valence-corrected chi connectivity index (χ1v) is 45.1. The summed E-state index contributed by atoms with van der Waals surface area (Å²) < 4.78 is 18.0. The third-order valence-electron chi connectivity index (χ3n) is 26.3. The summed E-state index contributed by atoms with van der Waals surface area (Å²) in [7, 11) is -0.456. The van der Waals surface area contributed by atoms with Crippen LogP contribution in [-0.2, 0) is 9.31 Å². The fourth-order valence-corrected chi connectivity index (χ4v) is 19.4. The van der Waals surface area contributed by atoms with E-state index in [0.29, 0.717) is 29.1 Å². The minimum Gasteiger partial charge on any atom is -0.399 e. The van der Waals surface area contributed by atoms with Gasteiger partial charge in [-0.1, -0.05) is 352 Å². The molecule has 25 rings (SSSR count). The Hall–Kier alpha value is -16.1.